The Balaban J connectivity index is 2.02. The van der Waals surface area contributed by atoms with Gasteiger partial charge in [-0.05, 0) is 6.92 Å². The van der Waals surface area contributed by atoms with Gasteiger partial charge in [-0.2, -0.15) is 0 Å². The quantitative estimate of drug-likeness (QED) is 0.673. The molecule has 5 heteroatoms. The number of aryl methyl sites for hydroxylation is 1. The van der Waals surface area contributed by atoms with Crippen LogP contribution in [-0.2, 0) is 6.54 Å². The van der Waals surface area contributed by atoms with Crippen molar-refractivity contribution >= 4 is 0 Å². The molecule has 3 nitrogen and oxygen atoms in total. The molecule has 12 heavy (non-hydrogen) atoms. The first-order chi connectivity index (χ1) is 5.59. The standard InChI is InChI=1S/C7H9F2N3/c1-5-3-10-11-12(5)4-6-2-7(6,8)9/h3,6H,2,4H2,1H3. The average molecular weight is 173 g/mol. The van der Waals surface area contributed by atoms with Crippen molar-refractivity contribution in [3.63, 3.8) is 0 Å². The summed E-state index contributed by atoms with van der Waals surface area (Å²) in [5, 5.41) is 7.31. The first-order valence-corrected chi connectivity index (χ1v) is 3.82. The summed E-state index contributed by atoms with van der Waals surface area (Å²) in [4.78, 5) is 0. The largest absolute Gasteiger partial charge is 0.253 e. The van der Waals surface area contributed by atoms with Crippen molar-refractivity contribution in [1.29, 1.82) is 0 Å². The van der Waals surface area contributed by atoms with Gasteiger partial charge < -0.3 is 0 Å². The highest BCUT2D eigenvalue weighted by atomic mass is 19.3. The van der Waals surface area contributed by atoms with Crippen LogP contribution in [0.2, 0.25) is 0 Å². The van der Waals surface area contributed by atoms with Gasteiger partial charge in [0.25, 0.3) is 5.92 Å². The molecule has 1 saturated carbocycles. The first-order valence-electron chi connectivity index (χ1n) is 3.82. The fraction of sp³-hybridized carbons (Fsp3) is 0.714. The topological polar surface area (TPSA) is 30.7 Å². The zero-order chi connectivity index (χ0) is 8.77. The predicted octanol–water partition coefficient (Wildman–Crippen LogP) is 1.24. The Labute approximate surface area is 68.4 Å². The van der Waals surface area contributed by atoms with Gasteiger partial charge in [0.1, 0.15) is 0 Å². The number of alkyl halides is 2. The van der Waals surface area contributed by atoms with Crippen molar-refractivity contribution in [2.75, 3.05) is 0 Å². The Morgan fingerprint density at radius 2 is 2.42 bits per heavy atom. The summed E-state index contributed by atoms with van der Waals surface area (Å²) >= 11 is 0. The maximum absolute atomic E-state index is 12.5. The zero-order valence-corrected chi connectivity index (χ0v) is 6.67. The highest BCUT2D eigenvalue weighted by Gasteiger charge is 2.56. The van der Waals surface area contributed by atoms with Gasteiger partial charge in [-0.1, -0.05) is 5.21 Å². The molecule has 0 N–H and O–H groups in total. The zero-order valence-electron chi connectivity index (χ0n) is 6.67. The van der Waals surface area contributed by atoms with Gasteiger partial charge in [0.15, 0.2) is 0 Å². The van der Waals surface area contributed by atoms with E-state index in [2.05, 4.69) is 10.3 Å². The fourth-order valence-electron chi connectivity index (χ4n) is 1.17. The summed E-state index contributed by atoms with van der Waals surface area (Å²) in [5.41, 5.74) is 0.831. The molecule has 1 heterocycles. The summed E-state index contributed by atoms with van der Waals surface area (Å²) in [6, 6.07) is 0. The molecule has 0 spiro atoms. The van der Waals surface area contributed by atoms with E-state index in [0.717, 1.165) is 5.69 Å². The van der Waals surface area contributed by atoms with E-state index in [4.69, 9.17) is 0 Å². The van der Waals surface area contributed by atoms with Crippen molar-refractivity contribution in [3.8, 4) is 0 Å². The molecule has 1 atom stereocenters. The van der Waals surface area contributed by atoms with Crippen LogP contribution in [0.4, 0.5) is 8.78 Å². The van der Waals surface area contributed by atoms with Crippen LogP contribution >= 0.6 is 0 Å². The molecule has 1 fully saturated rings. The lowest BCUT2D eigenvalue weighted by Gasteiger charge is -2.00. The highest BCUT2D eigenvalue weighted by Crippen LogP contribution is 2.49. The Morgan fingerprint density at radius 3 is 2.83 bits per heavy atom. The number of nitrogens with zero attached hydrogens (tertiary/aromatic N) is 3. The normalized spacial score (nSPS) is 25.8. The lowest BCUT2D eigenvalue weighted by Crippen LogP contribution is -2.08. The van der Waals surface area contributed by atoms with Crippen molar-refractivity contribution in [3.05, 3.63) is 11.9 Å². The lowest BCUT2D eigenvalue weighted by atomic mass is 10.4. The molecule has 0 saturated heterocycles. The minimum absolute atomic E-state index is 0.00764. The van der Waals surface area contributed by atoms with Crippen LogP contribution in [0.15, 0.2) is 6.20 Å². The molecule has 1 aliphatic rings. The van der Waals surface area contributed by atoms with Gasteiger partial charge in [0, 0.05) is 12.3 Å². The van der Waals surface area contributed by atoms with E-state index in [0.29, 0.717) is 6.54 Å². The van der Waals surface area contributed by atoms with E-state index >= 15 is 0 Å². The SMILES string of the molecule is Cc1cnnn1CC1CC1(F)F. The maximum Gasteiger partial charge on any atom is 0.253 e. The first kappa shape index (κ1) is 7.64. The lowest BCUT2D eigenvalue weighted by molar-refractivity contribution is 0.0939. The molecule has 0 radical (unpaired) electrons. The summed E-state index contributed by atoms with van der Waals surface area (Å²) in [6.45, 7) is 2.10. The van der Waals surface area contributed by atoms with Crippen LogP contribution in [0, 0.1) is 12.8 Å². The summed E-state index contributed by atoms with van der Waals surface area (Å²) < 4.78 is 26.4. The molecule has 0 aliphatic heterocycles. The highest BCUT2D eigenvalue weighted by molar-refractivity contribution is 4.97. The van der Waals surface area contributed by atoms with E-state index in [9.17, 15) is 8.78 Å². The number of rotatable bonds is 2. The monoisotopic (exact) mass is 173 g/mol. The second-order valence-electron chi connectivity index (χ2n) is 3.22. The van der Waals surface area contributed by atoms with Crippen LogP contribution in [0.1, 0.15) is 12.1 Å². The summed E-state index contributed by atoms with van der Waals surface area (Å²) in [5.74, 6) is -2.99. The molecule has 66 valence electrons. The van der Waals surface area contributed by atoms with E-state index in [-0.39, 0.29) is 6.42 Å². The predicted molar refractivity (Wildman–Crippen MR) is 37.8 cm³/mol. The van der Waals surface area contributed by atoms with Crippen LogP contribution in [-0.4, -0.2) is 20.9 Å². The molecule has 2 rings (SSSR count). The molecule has 1 unspecified atom stereocenters. The van der Waals surface area contributed by atoms with Gasteiger partial charge in [-0.25, -0.2) is 13.5 Å². The van der Waals surface area contributed by atoms with E-state index < -0.39 is 11.8 Å². The maximum atomic E-state index is 12.5. The molecular weight excluding hydrogens is 164 g/mol. The third kappa shape index (κ3) is 1.19. The second-order valence-corrected chi connectivity index (χ2v) is 3.22. The minimum atomic E-state index is -2.46. The van der Waals surface area contributed by atoms with Gasteiger partial charge >= 0.3 is 0 Å². The Bertz CT molecular complexity index is 295. The van der Waals surface area contributed by atoms with Crippen LogP contribution in [0.25, 0.3) is 0 Å². The Hall–Kier alpha value is -1.00. The molecule has 0 bridgehead atoms. The van der Waals surface area contributed by atoms with Gasteiger partial charge in [0.05, 0.1) is 18.4 Å². The fourth-order valence-corrected chi connectivity index (χ4v) is 1.17. The van der Waals surface area contributed by atoms with Crippen LogP contribution in [0.5, 0.6) is 0 Å². The molecule has 0 aromatic carbocycles. The van der Waals surface area contributed by atoms with Gasteiger partial charge in [-0.15, -0.1) is 5.10 Å². The van der Waals surface area contributed by atoms with Gasteiger partial charge in [0.2, 0.25) is 0 Å². The molecular formula is C7H9F2N3. The van der Waals surface area contributed by atoms with Crippen molar-refractivity contribution in [2.24, 2.45) is 5.92 Å². The van der Waals surface area contributed by atoms with E-state index in [1.54, 1.807) is 13.1 Å². The third-order valence-electron chi connectivity index (χ3n) is 2.16. The van der Waals surface area contributed by atoms with Crippen LogP contribution in [0.3, 0.4) is 0 Å². The van der Waals surface area contributed by atoms with Crippen LogP contribution < -0.4 is 0 Å². The average Bonchev–Trinajstić information content (AvgIpc) is 2.39. The third-order valence-corrected chi connectivity index (χ3v) is 2.16. The van der Waals surface area contributed by atoms with Crippen molar-refractivity contribution < 1.29 is 8.78 Å². The number of halogens is 2. The van der Waals surface area contributed by atoms with Gasteiger partial charge in [-0.3, -0.25) is 0 Å². The molecule has 0 amide bonds. The summed E-state index contributed by atoms with van der Waals surface area (Å²) in [7, 11) is 0. The Morgan fingerprint density at radius 1 is 1.75 bits per heavy atom. The molecule has 1 aromatic heterocycles. The Kier molecular flexibility index (Phi) is 1.43. The van der Waals surface area contributed by atoms with Crippen molar-refractivity contribution in [1.82, 2.24) is 15.0 Å². The number of hydrogen-bond acceptors (Lipinski definition) is 2. The van der Waals surface area contributed by atoms with E-state index in [1.165, 1.54) is 4.68 Å². The summed E-state index contributed by atoms with van der Waals surface area (Å²) in [6.07, 6.45) is 1.56. The second kappa shape index (κ2) is 2.24. The number of aromatic nitrogens is 3. The molecule has 1 aromatic rings. The van der Waals surface area contributed by atoms with E-state index in [1.807, 2.05) is 0 Å². The minimum Gasteiger partial charge on any atom is -0.249 e. The number of hydrogen-bond donors (Lipinski definition) is 0. The van der Waals surface area contributed by atoms with Crippen molar-refractivity contribution in [2.45, 2.75) is 25.8 Å². The molecule has 1 aliphatic carbocycles. The smallest absolute Gasteiger partial charge is 0.249 e.